The van der Waals surface area contributed by atoms with Crippen LogP contribution in [0.15, 0.2) is 35.3 Å². The summed E-state index contributed by atoms with van der Waals surface area (Å²) in [6.45, 7) is 8.37. The van der Waals surface area contributed by atoms with E-state index in [0.29, 0.717) is 13.1 Å². The van der Waals surface area contributed by atoms with Crippen molar-refractivity contribution in [3.63, 3.8) is 0 Å². The Bertz CT molecular complexity index is 660. The first-order valence-electron chi connectivity index (χ1n) is 9.55. The van der Waals surface area contributed by atoms with Gasteiger partial charge in [-0.05, 0) is 12.5 Å². The molecular formula is C19H29IN6O2. The van der Waals surface area contributed by atoms with Crippen molar-refractivity contribution in [3.8, 4) is 0 Å². The second-order valence-electron chi connectivity index (χ2n) is 6.69. The van der Waals surface area contributed by atoms with Crippen molar-refractivity contribution in [1.29, 1.82) is 0 Å². The molecule has 9 heteroatoms. The van der Waals surface area contributed by atoms with E-state index < -0.39 is 0 Å². The highest BCUT2D eigenvalue weighted by atomic mass is 127. The summed E-state index contributed by atoms with van der Waals surface area (Å²) in [7, 11) is 0. The Morgan fingerprint density at radius 2 is 1.86 bits per heavy atom. The predicted molar refractivity (Wildman–Crippen MR) is 120 cm³/mol. The number of guanidine groups is 1. The summed E-state index contributed by atoms with van der Waals surface area (Å²) in [4.78, 5) is 33.8. The standard InChI is InChI=1S/C19H28N6O2.HI/c1-2-20-18(21-8-9-25-17(26)14-22-19(25)27)24-12-10-23(11-13-24)15-16-6-4-3-5-7-16;/h3-7H,2,8-15H2,1H3,(H,20,21)(H,22,27);1H. The fourth-order valence-corrected chi connectivity index (χ4v) is 3.32. The van der Waals surface area contributed by atoms with Crippen LogP contribution in [0.1, 0.15) is 12.5 Å². The lowest BCUT2D eigenvalue weighted by atomic mass is 10.2. The van der Waals surface area contributed by atoms with E-state index >= 15 is 0 Å². The van der Waals surface area contributed by atoms with Crippen LogP contribution in [0.4, 0.5) is 4.79 Å². The summed E-state index contributed by atoms with van der Waals surface area (Å²) in [5.41, 5.74) is 1.33. The molecule has 3 amide bonds. The number of hydrogen-bond donors (Lipinski definition) is 2. The van der Waals surface area contributed by atoms with Gasteiger partial charge in [-0.1, -0.05) is 30.3 Å². The van der Waals surface area contributed by atoms with Crippen molar-refractivity contribution in [2.24, 2.45) is 4.99 Å². The summed E-state index contributed by atoms with van der Waals surface area (Å²) in [6, 6.07) is 10.2. The zero-order valence-electron chi connectivity index (χ0n) is 16.3. The van der Waals surface area contributed by atoms with Crippen molar-refractivity contribution in [1.82, 2.24) is 25.3 Å². The van der Waals surface area contributed by atoms with Crippen LogP contribution in [-0.4, -0.2) is 85.0 Å². The van der Waals surface area contributed by atoms with Crippen LogP contribution in [0.2, 0.25) is 0 Å². The minimum Gasteiger partial charge on any atom is -0.357 e. The first kappa shape index (κ1) is 22.4. The maximum atomic E-state index is 11.6. The molecule has 2 N–H and O–H groups in total. The van der Waals surface area contributed by atoms with Gasteiger partial charge in [0, 0.05) is 39.3 Å². The number of rotatable bonds is 6. The first-order valence-corrected chi connectivity index (χ1v) is 9.55. The van der Waals surface area contributed by atoms with E-state index in [1.54, 1.807) is 0 Å². The lowest BCUT2D eigenvalue weighted by molar-refractivity contribution is -0.124. The fourth-order valence-electron chi connectivity index (χ4n) is 3.32. The molecule has 0 aromatic heterocycles. The van der Waals surface area contributed by atoms with Crippen molar-refractivity contribution in [3.05, 3.63) is 35.9 Å². The van der Waals surface area contributed by atoms with Crippen LogP contribution in [0.5, 0.6) is 0 Å². The fraction of sp³-hybridized carbons (Fsp3) is 0.526. The topological polar surface area (TPSA) is 80.3 Å². The van der Waals surface area contributed by atoms with Gasteiger partial charge in [0.1, 0.15) is 0 Å². The average molecular weight is 500 g/mol. The van der Waals surface area contributed by atoms with Crippen molar-refractivity contribution in [2.75, 3.05) is 52.4 Å². The molecule has 2 fully saturated rings. The van der Waals surface area contributed by atoms with Gasteiger partial charge in [0.25, 0.3) is 0 Å². The van der Waals surface area contributed by atoms with Crippen LogP contribution in [0, 0.1) is 0 Å². The molecule has 2 aliphatic rings. The lowest BCUT2D eigenvalue weighted by Gasteiger charge is -2.36. The van der Waals surface area contributed by atoms with Gasteiger partial charge in [-0.3, -0.25) is 19.6 Å². The Kier molecular flexibility index (Phi) is 8.97. The molecule has 2 heterocycles. The van der Waals surface area contributed by atoms with Crippen molar-refractivity contribution < 1.29 is 9.59 Å². The van der Waals surface area contributed by atoms with Crippen LogP contribution < -0.4 is 10.6 Å². The molecular weight excluding hydrogens is 471 g/mol. The number of nitrogens with one attached hydrogen (secondary N) is 2. The smallest absolute Gasteiger partial charge is 0.324 e. The zero-order chi connectivity index (χ0) is 19.1. The van der Waals surface area contributed by atoms with Crippen molar-refractivity contribution >= 4 is 41.9 Å². The minimum absolute atomic E-state index is 0. The molecule has 1 aromatic carbocycles. The molecule has 28 heavy (non-hydrogen) atoms. The predicted octanol–water partition coefficient (Wildman–Crippen LogP) is 0.940. The Morgan fingerprint density at radius 1 is 1.14 bits per heavy atom. The van der Waals surface area contributed by atoms with Gasteiger partial charge in [-0.25, -0.2) is 4.79 Å². The molecule has 2 saturated heterocycles. The van der Waals surface area contributed by atoms with E-state index in [4.69, 9.17) is 0 Å². The summed E-state index contributed by atoms with van der Waals surface area (Å²) < 4.78 is 0. The third-order valence-corrected chi connectivity index (χ3v) is 4.78. The van der Waals surface area contributed by atoms with Gasteiger partial charge in [-0.15, -0.1) is 24.0 Å². The molecule has 0 radical (unpaired) electrons. The Hall–Kier alpha value is -1.88. The molecule has 0 aliphatic carbocycles. The monoisotopic (exact) mass is 500 g/mol. The third kappa shape index (κ3) is 6.06. The van der Waals surface area contributed by atoms with Gasteiger partial charge < -0.3 is 15.5 Å². The number of piperazine rings is 1. The van der Waals surface area contributed by atoms with Gasteiger partial charge in [0.05, 0.1) is 19.6 Å². The molecule has 0 spiro atoms. The number of hydrogen-bond acceptors (Lipinski definition) is 4. The maximum Gasteiger partial charge on any atom is 0.324 e. The number of halogens is 1. The molecule has 0 atom stereocenters. The highest BCUT2D eigenvalue weighted by molar-refractivity contribution is 14.0. The number of carbonyl (C=O) groups is 2. The Morgan fingerprint density at radius 3 is 2.46 bits per heavy atom. The third-order valence-electron chi connectivity index (χ3n) is 4.78. The van der Waals surface area contributed by atoms with E-state index in [2.05, 4.69) is 49.7 Å². The SMILES string of the molecule is CCNC(=NCCN1C(=O)CNC1=O)N1CCN(Cc2ccccc2)CC1.I. The molecule has 2 aliphatic heterocycles. The minimum atomic E-state index is -0.324. The van der Waals surface area contributed by atoms with Gasteiger partial charge in [-0.2, -0.15) is 0 Å². The average Bonchev–Trinajstić information content (AvgIpc) is 3.01. The number of urea groups is 1. The van der Waals surface area contributed by atoms with Crippen LogP contribution in [-0.2, 0) is 11.3 Å². The second kappa shape index (κ2) is 11.2. The number of amides is 3. The Labute approximate surface area is 183 Å². The second-order valence-corrected chi connectivity index (χ2v) is 6.69. The highest BCUT2D eigenvalue weighted by Gasteiger charge is 2.27. The molecule has 0 saturated carbocycles. The highest BCUT2D eigenvalue weighted by Crippen LogP contribution is 2.09. The number of carbonyl (C=O) groups excluding carboxylic acids is 2. The molecule has 8 nitrogen and oxygen atoms in total. The summed E-state index contributed by atoms with van der Waals surface area (Å²) in [5, 5.41) is 5.85. The first-order chi connectivity index (χ1) is 13.2. The van der Waals surface area contributed by atoms with Gasteiger partial charge >= 0.3 is 6.03 Å². The van der Waals surface area contributed by atoms with E-state index in [0.717, 1.165) is 45.2 Å². The van der Waals surface area contributed by atoms with E-state index in [1.165, 1.54) is 10.5 Å². The largest absolute Gasteiger partial charge is 0.357 e. The van der Waals surface area contributed by atoms with Crippen LogP contribution in [0.25, 0.3) is 0 Å². The quantitative estimate of drug-likeness (QED) is 0.263. The summed E-state index contributed by atoms with van der Waals surface area (Å²) in [6.07, 6.45) is 0. The number of aliphatic imine (C=N–C) groups is 1. The van der Waals surface area contributed by atoms with E-state index in [9.17, 15) is 9.59 Å². The number of benzene rings is 1. The van der Waals surface area contributed by atoms with E-state index in [1.807, 2.05) is 13.0 Å². The lowest BCUT2D eigenvalue weighted by Crippen LogP contribution is -2.52. The molecule has 3 rings (SSSR count). The zero-order valence-corrected chi connectivity index (χ0v) is 18.6. The van der Waals surface area contributed by atoms with Gasteiger partial charge in [0.2, 0.25) is 5.91 Å². The summed E-state index contributed by atoms with van der Waals surface area (Å²) in [5.74, 6) is 0.665. The number of imide groups is 1. The van der Waals surface area contributed by atoms with Gasteiger partial charge in [0.15, 0.2) is 5.96 Å². The Balaban J connectivity index is 0.00000280. The van der Waals surface area contributed by atoms with Crippen molar-refractivity contribution in [2.45, 2.75) is 13.5 Å². The normalized spacial score (nSPS) is 18.1. The molecule has 0 unspecified atom stereocenters. The molecule has 1 aromatic rings. The maximum absolute atomic E-state index is 11.6. The molecule has 154 valence electrons. The molecule has 0 bridgehead atoms. The van der Waals surface area contributed by atoms with Crippen LogP contribution >= 0.6 is 24.0 Å². The van der Waals surface area contributed by atoms with Crippen LogP contribution in [0.3, 0.4) is 0 Å². The number of nitrogens with zero attached hydrogens (tertiary/aromatic N) is 4. The summed E-state index contributed by atoms with van der Waals surface area (Å²) >= 11 is 0. The van der Waals surface area contributed by atoms with E-state index in [-0.39, 0.29) is 42.5 Å².